The smallest absolute Gasteiger partial charge is 0.288 e. The molecule has 0 atom stereocenters. The minimum Gasteiger partial charge on any atom is -0.361 e. The number of rotatable bonds is 11. The molecule has 3 aromatic carbocycles. The maximum atomic E-state index is 12.6. The molecule has 0 radical (unpaired) electrons. The van der Waals surface area contributed by atoms with Gasteiger partial charge < -0.3 is 20.9 Å². The van der Waals surface area contributed by atoms with E-state index in [1.807, 2.05) is 35.2 Å². The summed E-state index contributed by atoms with van der Waals surface area (Å²) in [5.41, 5.74) is 2.45. The molecule has 12 heteroatoms. The molecule has 0 unspecified atom stereocenters. The van der Waals surface area contributed by atoms with E-state index in [9.17, 15) is 17.6 Å². The number of hydrogen-bond acceptors (Lipinski definition) is 4. The first-order valence-electron chi connectivity index (χ1n) is 11.0. The highest BCUT2D eigenvalue weighted by atomic mass is 32.2. The number of nitrogens with one attached hydrogen (secondary N) is 3. The Morgan fingerprint density at radius 1 is 0.730 bits per heavy atom. The Balaban J connectivity index is 1.55. The molecule has 0 aliphatic rings. The number of anilines is 2. The summed E-state index contributed by atoms with van der Waals surface area (Å²) in [6.07, 6.45) is 0. The van der Waals surface area contributed by atoms with Gasteiger partial charge in [0.1, 0.15) is 0 Å². The third-order valence-electron chi connectivity index (χ3n) is 4.84. The van der Waals surface area contributed by atoms with Crippen molar-refractivity contribution in [3.8, 4) is 0 Å². The predicted octanol–water partition coefficient (Wildman–Crippen LogP) is 7.50. The minimum absolute atomic E-state index is 0.389. The molecule has 0 heterocycles. The normalized spacial score (nSPS) is 10.9. The average Bonchev–Trinajstić information content (AvgIpc) is 2.86. The quantitative estimate of drug-likeness (QED) is 0.122. The predicted molar refractivity (Wildman–Crippen MR) is 154 cm³/mol. The number of alkyl halides is 4. The second kappa shape index (κ2) is 15.0. The van der Waals surface area contributed by atoms with Crippen molar-refractivity contribution in [3.05, 3.63) is 84.4 Å². The molecule has 3 rings (SSSR count). The van der Waals surface area contributed by atoms with Gasteiger partial charge in [0.15, 0.2) is 10.2 Å². The van der Waals surface area contributed by atoms with Crippen molar-refractivity contribution in [2.75, 3.05) is 23.7 Å². The monoisotopic (exact) mass is 584 g/mol. The summed E-state index contributed by atoms with van der Waals surface area (Å²) < 4.78 is 50.1. The number of hydrogen-bond donors (Lipinski definition) is 3. The summed E-state index contributed by atoms with van der Waals surface area (Å²) in [4.78, 5) is 2.91. The van der Waals surface area contributed by atoms with Gasteiger partial charge in [0, 0.05) is 40.8 Å². The highest BCUT2D eigenvalue weighted by Gasteiger charge is 2.12. The minimum atomic E-state index is -2.47. The van der Waals surface area contributed by atoms with Gasteiger partial charge in [-0.2, -0.15) is 17.6 Å². The Kier molecular flexibility index (Phi) is 11.8. The molecule has 0 bridgehead atoms. The maximum Gasteiger partial charge on any atom is 0.288 e. The molecule has 0 saturated heterocycles. The van der Waals surface area contributed by atoms with Gasteiger partial charge in [-0.15, -0.1) is 0 Å². The lowest BCUT2D eigenvalue weighted by molar-refractivity contribution is 0.251. The van der Waals surface area contributed by atoms with Crippen molar-refractivity contribution < 1.29 is 17.6 Å². The van der Waals surface area contributed by atoms with E-state index >= 15 is 0 Å². The molecule has 0 amide bonds. The van der Waals surface area contributed by atoms with Crippen LogP contribution in [0.3, 0.4) is 0 Å². The Hall–Kier alpha value is -2.54. The second-order valence-corrected chi connectivity index (χ2v) is 10.4. The van der Waals surface area contributed by atoms with Crippen molar-refractivity contribution >= 4 is 69.6 Å². The van der Waals surface area contributed by atoms with Crippen molar-refractivity contribution in [3.63, 3.8) is 0 Å². The summed E-state index contributed by atoms with van der Waals surface area (Å²) in [7, 11) is 0. The molecule has 0 saturated carbocycles. The molecule has 4 nitrogen and oxygen atoms in total. The first-order chi connectivity index (χ1) is 17.8. The lowest BCUT2D eigenvalue weighted by Gasteiger charge is -2.26. The lowest BCUT2D eigenvalue weighted by atomic mass is 10.2. The third-order valence-corrected chi connectivity index (χ3v) is 6.89. The van der Waals surface area contributed by atoms with Crippen LogP contribution in [0.15, 0.2) is 88.7 Å². The van der Waals surface area contributed by atoms with E-state index in [0.717, 1.165) is 5.56 Å². The third kappa shape index (κ3) is 10.8. The van der Waals surface area contributed by atoms with E-state index in [2.05, 4.69) is 16.0 Å². The molecule has 3 N–H and O–H groups in total. The number of benzene rings is 3. The van der Waals surface area contributed by atoms with Crippen LogP contribution in [0, 0.1) is 0 Å². The standard InChI is InChI=1S/C25H24F4N4S4/c26-22(27)36-20-10-6-18(7-11-20)31-24(34)30-14-15-33(16-17-4-2-1-3-5-17)25(35)32-19-8-12-21(13-9-19)37-23(28)29/h1-13,22-23H,14-16H2,(H,32,35)(H2,30,31,34). The average molecular weight is 585 g/mol. The van der Waals surface area contributed by atoms with Gasteiger partial charge >= 0.3 is 0 Å². The number of thiocarbonyl (C=S) groups is 2. The van der Waals surface area contributed by atoms with Crippen LogP contribution in [-0.4, -0.2) is 39.7 Å². The molecule has 196 valence electrons. The van der Waals surface area contributed by atoms with E-state index in [1.165, 1.54) is 0 Å². The summed E-state index contributed by atoms with van der Waals surface area (Å²) in [5, 5.41) is 10.2. The van der Waals surface area contributed by atoms with Gasteiger partial charge in [0.25, 0.3) is 11.5 Å². The van der Waals surface area contributed by atoms with E-state index in [1.54, 1.807) is 48.5 Å². The van der Waals surface area contributed by atoms with Gasteiger partial charge in [0.05, 0.1) is 0 Å². The van der Waals surface area contributed by atoms with Crippen LogP contribution in [0.1, 0.15) is 5.56 Å². The Bertz CT molecular complexity index is 1130. The fourth-order valence-corrected chi connectivity index (χ4v) is 4.67. The molecule has 0 aromatic heterocycles. The van der Waals surface area contributed by atoms with E-state index < -0.39 is 11.5 Å². The van der Waals surface area contributed by atoms with Gasteiger partial charge in [-0.3, -0.25) is 0 Å². The highest BCUT2D eigenvalue weighted by Crippen LogP contribution is 2.27. The van der Waals surface area contributed by atoms with Crippen molar-refractivity contribution in [1.29, 1.82) is 0 Å². The summed E-state index contributed by atoms with van der Waals surface area (Å²) in [5.74, 6) is -4.94. The van der Waals surface area contributed by atoms with Gasteiger partial charge in [0.2, 0.25) is 0 Å². The zero-order valence-electron chi connectivity index (χ0n) is 19.4. The fraction of sp³-hybridized carbons (Fsp3) is 0.200. The maximum absolute atomic E-state index is 12.6. The molecule has 0 aliphatic carbocycles. The molecule has 0 spiro atoms. The first kappa shape index (κ1) is 29.0. The zero-order chi connectivity index (χ0) is 26.6. The van der Waals surface area contributed by atoms with E-state index in [-0.39, 0.29) is 0 Å². The van der Waals surface area contributed by atoms with Crippen molar-refractivity contribution in [1.82, 2.24) is 10.2 Å². The molecule has 0 fully saturated rings. The zero-order valence-corrected chi connectivity index (χ0v) is 22.6. The molecule has 3 aromatic rings. The van der Waals surface area contributed by atoms with Crippen LogP contribution >= 0.6 is 48.0 Å². The van der Waals surface area contributed by atoms with Crippen molar-refractivity contribution in [2.24, 2.45) is 0 Å². The fourth-order valence-electron chi connectivity index (χ4n) is 3.18. The SMILES string of the molecule is FC(F)Sc1ccc(NC(=S)NCCN(Cc2ccccc2)C(=S)Nc2ccc(SC(F)F)cc2)cc1. The van der Waals surface area contributed by atoms with Gasteiger partial charge in [-0.05, 0) is 78.5 Å². The summed E-state index contributed by atoms with van der Waals surface area (Å²) in [6.45, 7) is 1.55. The summed E-state index contributed by atoms with van der Waals surface area (Å²) in [6, 6.07) is 23.1. The Labute approximate surface area is 232 Å². The topological polar surface area (TPSA) is 39.3 Å². The second-order valence-electron chi connectivity index (χ2n) is 7.52. The molecule has 0 aliphatic heterocycles. The largest absolute Gasteiger partial charge is 0.361 e. The van der Waals surface area contributed by atoms with Crippen molar-refractivity contribution in [2.45, 2.75) is 27.9 Å². The van der Waals surface area contributed by atoms with Gasteiger partial charge in [-0.1, -0.05) is 53.9 Å². The first-order valence-corrected chi connectivity index (χ1v) is 13.6. The number of nitrogens with zero attached hydrogens (tertiary/aromatic N) is 1. The number of halogens is 4. The van der Waals surface area contributed by atoms with Crippen LogP contribution in [0.5, 0.6) is 0 Å². The molecular formula is C25H24F4N4S4. The number of thioether (sulfide) groups is 2. The van der Waals surface area contributed by atoms with E-state index in [0.29, 0.717) is 74.5 Å². The molecule has 37 heavy (non-hydrogen) atoms. The molecular weight excluding hydrogens is 561 g/mol. The lowest BCUT2D eigenvalue weighted by Crippen LogP contribution is -2.41. The highest BCUT2D eigenvalue weighted by molar-refractivity contribution is 7.99. The van der Waals surface area contributed by atoms with Crippen LogP contribution in [0.25, 0.3) is 0 Å². The van der Waals surface area contributed by atoms with Crippen LogP contribution in [0.4, 0.5) is 28.9 Å². The Morgan fingerprint density at radius 3 is 1.76 bits per heavy atom. The Morgan fingerprint density at radius 2 is 1.24 bits per heavy atom. The van der Waals surface area contributed by atoms with Crippen LogP contribution < -0.4 is 16.0 Å². The van der Waals surface area contributed by atoms with E-state index in [4.69, 9.17) is 24.4 Å². The van der Waals surface area contributed by atoms with Crippen LogP contribution in [-0.2, 0) is 6.54 Å². The summed E-state index contributed by atoms with van der Waals surface area (Å²) >= 11 is 12.0. The van der Waals surface area contributed by atoms with Gasteiger partial charge in [-0.25, -0.2) is 0 Å². The van der Waals surface area contributed by atoms with Crippen LogP contribution in [0.2, 0.25) is 0 Å².